The molecule has 3 heterocycles. The van der Waals surface area contributed by atoms with Gasteiger partial charge in [-0.05, 0) is 55.9 Å². The first-order valence-corrected chi connectivity index (χ1v) is 17.3. The Hall–Kier alpha value is -4.24. The molecule has 6 atom stereocenters. The number of rotatable bonds is 13. The molecular formula is C40H44ClN3O5. The van der Waals surface area contributed by atoms with E-state index in [0.29, 0.717) is 36.5 Å². The highest BCUT2D eigenvalue weighted by Crippen LogP contribution is 2.64. The van der Waals surface area contributed by atoms with Crippen LogP contribution in [0.1, 0.15) is 36.5 Å². The summed E-state index contributed by atoms with van der Waals surface area (Å²) in [6.07, 6.45) is 4.52. The van der Waals surface area contributed by atoms with E-state index in [9.17, 15) is 9.90 Å². The minimum Gasteiger partial charge on any atom is -0.394 e. The van der Waals surface area contributed by atoms with E-state index >= 15 is 9.59 Å². The minimum absolute atomic E-state index is 0.134. The summed E-state index contributed by atoms with van der Waals surface area (Å²) in [4.78, 5) is 49.8. The van der Waals surface area contributed by atoms with E-state index in [1.54, 1.807) is 28.0 Å². The van der Waals surface area contributed by atoms with Crippen molar-refractivity contribution in [2.45, 2.75) is 62.9 Å². The number of aliphatic hydroxyl groups excluding tert-OH is 1. The lowest BCUT2D eigenvalue weighted by atomic mass is 9.66. The second-order valence-corrected chi connectivity index (χ2v) is 14.0. The van der Waals surface area contributed by atoms with Gasteiger partial charge in [-0.2, -0.15) is 0 Å². The number of hydrogen-bond acceptors (Lipinski definition) is 5. The van der Waals surface area contributed by atoms with Crippen molar-refractivity contribution in [1.29, 1.82) is 0 Å². The van der Waals surface area contributed by atoms with Crippen molar-refractivity contribution in [2.24, 2.45) is 11.8 Å². The Kier molecular flexibility index (Phi) is 9.85. The third-order valence-electron chi connectivity index (χ3n) is 10.5. The number of benzene rings is 3. The Morgan fingerprint density at radius 1 is 0.980 bits per heavy atom. The molecule has 3 aromatic carbocycles. The Balaban J connectivity index is 1.47. The summed E-state index contributed by atoms with van der Waals surface area (Å²) in [6.45, 7) is 12.0. The molecule has 3 aliphatic rings. The fourth-order valence-electron chi connectivity index (χ4n) is 8.47. The molecule has 3 amide bonds. The molecule has 3 saturated heterocycles. The van der Waals surface area contributed by atoms with Crippen molar-refractivity contribution in [3.05, 3.63) is 126 Å². The number of hydrogen-bond donors (Lipinski definition) is 1. The molecule has 3 aliphatic heterocycles. The fourth-order valence-corrected chi connectivity index (χ4v) is 8.80. The van der Waals surface area contributed by atoms with Crippen LogP contribution < -0.4 is 4.90 Å². The summed E-state index contributed by atoms with van der Waals surface area (Å²) < 4.78 is 6.96. The summed E-state index contributed by atoms with van der Waals surface area (Å²) in [5.41, 5.74) is 0.895. The molecule has 6 rings (SSSR count). The Bertz CT molecular complexity index is 1710. The van der Waals surface area contributed by atoms with Gasteiger partial charge in [0.25, 0.3) is 5.91 Å². The second kappa shape index (κ2) is 13.9. The zero-order chi connectivity index (χ0) is 34.9. The number of fused-ring (bicyclic) bond motifs is 1. The van der Waals surface area contributed by atoms with Gasteiger partial charge in [0.05, 0.1) is 40.8 Å². The maximum absolute atomic E-state index is 15.2. The first kappa shape index (κ1) is 34.6. The minimum atomic E-state index is -1.30. The largest absolute Gasteiger partial charge is 0.394 e. The summed E-state index contributed by atoms with van der Waals surface area (Å²) in [7, 11) is 0. The van der Waals surface area contributed by atoms with Gasteiger partial charge >= 0.3 is 0 Å². The van der Waals surface area contributed by atoms with Gasteiger partial charge in [0.1, 0.15) is 11.6 Å². The zero-order valence-electron chi connectivity index (χ0n) is 28.1. The number of halogens is 1. The van der Waals surface area contributed by atoms with Gasteiger partial charge in [0.2, 0.25) is 11.8 Å². The highest BCUT2D eigenvalue weighted by Gasteiger charge is 2.79. The van der Waals surface area contributed by atoms with Crippen LogP contribution in [0, 0.1) is 18.8 Å². The van der Waals surface area contributed by atoms with Crippen LogP contribution >= 0.6 is 11.6 Å². The predicted molar refractivity (Wildman–Crippen MR) is 191 cm³/mol. The number of ether oxygens (including phenoxy) is 1. The van der Waals surface area contributed by atoms with E-state index in [0.717, 1.165) is 16.7 Å². The predicted octanol–water partition coefficient (Wildman–Crippen LogP) is 5.75. The van der Waals surface area contributed by atoms with Crippen LogP contribution in [0.15, 0.2) is 104 Å². The maximum Gasteiger partial charge on any atom is 0.253 e. The van der Waals surface area contributed by atoms with E-state index in [1.807, 2.05) is 86.6 Å². The number of para-hydroxylation sites is 1. The molecule has 0 aliphatic carbocycles. The van der Waals surface area contributed by atoms with Gasteiger partial charge in [-0.1, -0.05) is 96.5 Å². The molecule has 49 heavy (non-hydrogen) atoms. The highest BCUT2D eigenvalue weighted by atomic mass is 35.5. The number of carbonyl (C=O) groups excluding carboxylic acids is 3. The van der Waals surface area contributed by atoms with Crippen LogP contribution in [0.25, 0.3) is 0 Å². The number of nitrogens with zero attached hydrogens (tertiary/aromatic N) is 3. The number of aliphatic hydroxyl groups is 1. The molecule has 256 valence electrons. The quantitative estimate of drug-likeness (QED) is 0.232. The Labute approximate surface area is 293 Å². The molecule has 0 radical (unpaired) electrons. The average Bonchev–Trinajstić information content (AvgIpc) is 3.67. The van der Waals surface area contributed by atoms with Gasteiger partial charge in [-0.15, -0.1) is 13.2 Å². The molecule has 2 unspecified atom stereocenters. The summed E-state index contributed by atoms with van der Waals surface area (Å²) in [5.74, 6) is -2.74. The van der Waals surface area contributed by atoms with E-state index in [2.05, 4.69) is 13.2 Å². The molecule has 0 saturated carbocycles. The van der Waals surface area contributed by atoms with Gasteiger partial charge in [0, 0.05) is 19.6 Å². The van der Waals surface area contributed by atoms with Crippen LogP contribution in [0.5, 0.6) is 0 Å². The van der Waals surface area contributed by atoms with E-state index < -0.39 is 35.1 Å². The van der Waals surface area contributed by atoms with Gasteiger partial charge in [-0.3, -0.25) is 14.4 Å². The molecule has 1 spiro atoms. The first-order valence-electron chi connectivity index (χ1n) is 16.9. The number of carbonyl (C=O) groups is 3. The summed E-state index contributed by atoms with van der Waals surface area (Å²) in [6, 6.07) is 22.8. The van der Waals surface area contributed by atoms with Gasteiger partial charge in [-0.25, -0.2) is 0 Å². The zero-order valence-corrected chi connectivity index (χ0v) is 28.9. The summed E-state index contributed by atoms with van der Waals surface area (Å²) in [5, 5.41) is 11.3. The third kappa shape index (κ3) is 6.00. The van der Waals surface area contributed by atoms with Crippen molar-refractivity contribution in [2.75, 3.05) is 24.6 Å². The highest BCUT2D eigenvalue weighted by molar-refractivity contribution is 6.34. The van der Waals surface area contributed by atoms with Crippen molar-refractivity contribution in [3.63, 3.8) is 0 Å². The average molecular weight is 682 g/mol. The van der Waals surface area contributed by atoms with Crippen LogP contribution in [0.2, 0.25) is 5.02 Å². The van der Waals surface area contributed by atoms with Crippen LogP contribution in [-0.4, -0.2) is 75.6 Å². The maximum atomic E-state index is 15.2. The fraction of sp³-hybridized carbons (Fsp3) is 0.375. The number of anilines is 1. The number of amides is 3. The van der Waals surface area contributed by atoms with Crippen molar-refractivity contribution >= 4 is 35.0 Å². The Morgan fingerprint density at radius 2 is 1.63 bits per heavy atom. The first-order chi connectivity index (χ1) is 23.6. The Morgan fingerprint density at radius 3 is 2.24 bits per heavy atom. The van der Waals surface area contributed by atoms with Gasteiger partial charge in [0.15, 0.2) is 0 Å². The lowest BCUT2D eigenvalue weighted by molar-refractivity contribution is -0.152. The van der Waals surface area contributed by atoms with Crippen molar-refractivity contribution in [1.82, 2.24) is 9.80 Å². The summed E-state index contributed by atoms with van der Waals surface area (Å²) >= 11 is 6.74. The molecule has 1 N–H and O–H groups in total. The standard InChI is InChI=1S/C40H44ClN3O5/c1-5-22-42(25-29-17-11-8-12-18-29)36(46)32-33-37(47)44(30(26-45)24-28-15-9-7-10-16-28)35(40(33)21-20-39(32,4)49-40)38(48)43(23-6-2)34-27(3)14-13-19-31(34)41/h5-19,30,32-33,35,45H,1-2,20-26H2,3-4H3/t30-,32+,33+,35?,39-,40?/m1/s1. The van der Waals surface area contributed by atoms with Gasteiger partial charge < -0.3 is 24.5 Å². The molecule has 2 bridgehead atoms. The molecular weight excluding hydrogens is 638 g/mol. The number of likely N-dealkylation sites (tertiary alicyclic amines) is 1. The van der Waals surface area contributed by atoms with Crippen molar-refractivity contribution < 1.29 is 24.2 Å². The molecule has 0 aromatic heterocycles. The molecule has 3 aromatic rings. The van der Waals surface area contributed by atoms with Crippen LogP contribution in [-0.2, 0) is 32.1 Å². The van der Waals surface area contributed by atoms with Crippen LogP contribution in [0.3, 0.4) is 0 Å². The molecule has 8 nitrogen and oxygen atoms in total. The smallest absolute Gasteiger partial charge is 0.253 e. The molecule has 9 heteroatoms. The normalized spacial score (nSPS) is 25.9. The lowest BCUT2D eigenvalue weighted by Gasteiger charge is -2.40. The second-order valence-electron chi connectivity index (χ2n) is 13.6. The van der Waals surface area contributed by atoms with E-state index in [1.165, 1.54) is 4.90 Å². The van der Waals surface area contributed by atoms with Crippen LogP contribution in [0.4, 0.5) is 5.69 Å². The lowest BCUT2D eigenvalue weighted by Crippen LogP contribution is -2.59. The number of aryl methyl sites for hydroxylation is 1. The third-order valence-corrected chi connectivity index (χ3v) is 10.9. The molecule has 3 fully saturated rings. The van der Waals surface area contributed by atoms with E-state index in [4.69, 9.17) is 16.3 Å². The monoisotopic (exact) mass is 681 g/mol. The topological polar surface area (TPSA) is 90.4 Å². The van der Waals surface area contributed by atoms with E-state index in [-0.39, 0.29) is 37.4 Å². The SMILES string of the molecule is C=CCN(Cc1ccccc1)C(=O)[C@@H]1[C@H]2C(=O)N([C@@H](CO)Cc3ccccc3)C(C(=O)N(CC=C)c3c(C)cccc3Cl)C23CC[C@@]1(C)O3. The van der Waals surface area contributed by atoms with Crippen molar-refractivity contribution in [3.8, 4) is 0 Å².